The zero-order valence-corrected chi connectivity index (χ0v) is 17.4. The van der Waals surface area contributed by atoms with Crippen molar-refractivity contribution in [1.29, 1.82) is 0 Å². The quantitative estimate of drug-likeness (QED) is 0.495. The van der Waals surface area contributed by atoms with Crippen LogP contribution < -0.4 is 24.8 Å². The fourth-order valence-corrected chi connectivity index (χ4v) is 3.17. The van der Waals surface area contributed by atoms with Gasteiger partial charge in [0, 0.05) is 23.7 Å². The van der Waals surface area contributed by atoms with Crippen molar-refractivity contribution < 1.29 is 23.8 Å². The van der Waals surface area contributed by atoms with Crippen LogP contribution in [-0.2, 0) is 4.79 Å². The monoisotopic (exact) mass is 410 g/mol. The number of carbonyl (C=O) groups excluding carboxylic acids is 2. The lowest BCUT2D eigenvalue weighted by atomic mass is 10.0. The minimum atomic E-state index is -0.470. The Morgan fingerprint density at radius 3 is 2.43 bits per heavy atom. The number of hydrogen-bond donors (Lipinski definition) is 2. The Labute approximate surface area is 176 Å². The van der Waals surface area contributed by atoms with Gasteiger partial charge in [-0.3, -0.25) is 4.79 Å². The van der Waals surface area contributed by atoms with E-state index in [1.165, 1.54) is 0 Å². The molecule has 2 aromatic rings. The molecule has 0 saturated heterocycles. The lowest BCUT2D eigenvalue weighted by Gasteiger charge is -2.09. The molecule has 0 aromatic heterocycles. The first-order valence-electron chi connectivity index (χ1n) is 9.91. The first-order chi connectivity index (χ1) is 14.5. The van der Waals surface area contributed by atoms with E-state index in [0.717, 1.165) is 30.4 Å². The molecule has 2 amide bonds. The summed E-state index contributed by atoms with van der Waals surface area (Å²) in [4.78, 5) is 24.3. The van der Waals surface area contributed by atoms with Crippen molar-refractivity contribution in [2.45, 2.75) is 26.2 Å². The van der Waals surface area contributed by atoms with Gasteiger partial charge in [0.1, 0.15) is 5.75 Å². The fourth-order valence-electron chi connectivity index (χ4n) is 3.17. The average Bonchev–Trinajstić information content (AvgIpc) is 3.05. The maximum absolute atomic E-state index is 12.5. The molecule has 0 aliphatic carbocycles. The molecule has 158 valence electrons. The molecule has 2 N–H and O–H groups in total. The van der Waals surface area contributed by atoms with Gasteiger partial charge < -0.3 is 24.8 Å². The number of methoxy groups -OCH3 is 2. The number of anilines is 1. The first kappa shape index (κ1) is 21.2. The van der Waals surface area contributed by atoms with Crippen LogP contribution in [0, 0.1) is 0 Å². The van der Waals surface area contributed by atoms with Gasteiger partial charge in [-0.1, -0.05) is 31.9 Å². The molecule has 0 saturated carbocycles. The molecule has 0 atom stereocenters. The predicted octanol–water partition coefficient (Wildman–Crippen LogP) is 4.48. The van der Waals surface area contributed by atoms with Crippen molar-refractivity contribution in [1.82, 2.24) is 5.32 Å². The zero-order valence-electron chi connectivity index (χ0n) is 17.4. The molecule has 7 heteroatoms. The van der Waals surface area contributed by atoms with E-state index in [9.17, 15) is 9.59 Å². The van der Waals surface area contributed by atoms with Gasteiger partial charge >= 0.3 is 6.09 Å². The lowest BCUT2D eigenvalue weighted by Crippen LogP contribution is -2.27. The molecule has 7 nitrogen and oxygen atoms in total. The Morgan fingerprint density at radius 1 is 1.07 bits per heavy atom. The summed E-state index contributed by atoms with van der Waals surface area (Å²) in [6, 6.07) is 10.5. The molecule has 1 aliphatic heterocycles. The van der Waals surface area contributed by atoms with Crippen LogP contribution >= 0.6 is 0 Å². The standard InChI is InChI=1S/C23H26N2O5/c1-4-5-6-11-24-23(27)30-16-9-7-15(8-10-16)12-18-17-13-20(28-2)21(29-3)14-19(17)25-22(18)26/h7-10,12-14H,4-6,11H2,1-3H3,(H,24,27)(H,25,26). The smallest absolute Gasteiger partial charge is 0.412 e. The number of ether oxygens (including phenoxy) is 3. The summed E-state index contributed by atoms with van der Waals surface area (Å²) in [6.07, 6.45) is 4.40. The summed E-state index contributed by atoms with van der Waals surface area (Å²) in [5, 5.41) is 5.57. The number of carbonyl (C=O) groups is 2. The van der Waals surface area contributed by atoms with Crippen molar-refractivity contribution >= 4 is 29.3 Å². The zero-order chi connectivity index (χ0) is 21.5. The number of benzene rings is 2. The van der Waals surface area contributed by atoms with Gasteiger partial charge in [-0.15, -0.1) is 0 Å². The van der Waals surface area contributed by atoms with E-state index in [4.69, 9.17) is 14.2 Å². The third kappa shape index (κ3) is 4.92. The van der Waals surface area contributed by atoms with E-state index < -0.39 is 6.09 Å². The van der Waals surface area contributed by atoms with Crippen molar-refractivity contribution in [2.75, 3.05) is 26.1 Å². The Morgan fingerprint density at radius 2 is 1.77 bits per heavy atom. The summed E-state index contributed by atoms with van der Waals surface area (Å²) in [7, 11) is 3.10. The fraction of sp³-hybridized carbons (Fsp3) is 0.304. The number of fused-ring (bicyclic) bond motifs is 1. The molecular formula is C23H26N2O5. The number of rotatable bonds is 8. The Kier molecular flexibility index (Phi) is 6.95. The maximum Gasteiger partial charge on any atom is 0.412 e. The van der Waals surface area contributed by atoms with Crippen molar-refractivity contribution in [3.05, 3.63) is 47.5 Å². The molecule has 1 aliphatic rings. The lowest BCUT2D eigenvalue weighted by molar-refractivity contribution is -0.110. The van der Waals surface area contributed by atoms with Gasteiger partial charge in [-0.05, 0) is 36.3 Å². The third-order valence-corrected chi connectivity index (χ3v) is 4.76. The molecule has 2 aromatic carbocycles. The van der Waals surface area contributed by atoms with E-state index in [1.807, 2.05) is 0 Å². The number of nitrogens with one attached hydrogen (secondary N) is 2. The minimum Gasteiger partial charge on any atom is -0.493 e. The molecule has 0 bridgehead atoms. The highest BCUT2D eigenvalue weighted by atomic mass is 16.6. The van der Waals surface area contributed by atoms with E-state index in [0.29, 0.717) is 35.1 Å². The van der Waals surface area contributed by atoms with Gasteiger partial charge in [-0.25, -0.2) is 4.79 Å². The number of amides is 2. The molecule has 30 heavy (non-hydrogen) atoms. The first-order valence-corrected chi connectivity index (χ1v) is 9.91. The second-order valence-corrected chi connectivity index (χ2v) is 6.86. The third-order valence-electron chi connectivity index (χ3n) is 4.76. The Balaban J connectivity index is 1.72. The van der Waals surface area contributed by atoms with Crippen LogP contribution in [0.25, 0.3) is 11.6 Å². The number of unbranched alkanes of at least 4 members (excludes halogenated alkanes) is 2. The molecule has 0 unspecified atom stereocenters. The molecule has 0 radical (unpaired) electrons. The van der Waals surface area contributed by atoms with Crippen LogP contribution in [0.5, 0.6) is 17.2 Å². The van der Waals surface area contributed by atoms with Crippen LogP contribution in [0.4, 0.5) is 10.5 Å². The maximum atomic E-state index is 12.5. The molecule has 1 heterocycles. The summed E-state index contributed by atoms with van der Waals surface area (Å²) in [5.41, 5.74) is 2.74. The topological polar surface area (TPSA) is 85.9 Å². The van der Waals surface area contributed by atoms with E-state index in [2.05, 4.69) is 17.6 Å². The van der Waals surface area contributed by atoms with Gasteiger partial charge in [0.2, 0.25) is 0 Å². The highest BCUT2D eigenvalue weighted by Crippen LogP contribution is 2.41. The minimum absolute atomic E-state index is 0.202. The summed E-state index contributed by atoms with van der Waals surface area (Å²) >= 11 is 0. The van der Waals surface area contributed by atoms with E-state index in [-0.39, 0.29) is 5.91 Å². The highest BCUT2D eigenvalue weighted by molar-refractivity contribution is 6.35. The summed E-state index contributed by atoms with van der Waals surface area (Å²) in [5.74, 6) is 1.33. The van der Waals surface area contributed by atoms with Crippen LogP contribution in [0.15, 0.2) is 36.4 Å². The summed E-state index contributed by atoms with van der Waals surface area (Å²) < 4.78 is 15.9. The Hall–Kier alpha value is -3.48. The normalized spacial score (nSPS) is 13.6. The van der Waals surface area contributed by atoms with Crippen LogP contribution in [0.2, 0.25) is 0 Å². The van der Waals surface area contributed by atoms with Gasteiger partial charge in [-0.2, -0.15) is 0 Å². The second-order valence-electron chi connectivity index (χ2n) is 6.86. The van der Waals surface area contributed by atoms with Gasteiger partial charge in [0.05, 0.1) is 19.9 Å². The van der Waals surface area contributed by atoms with E-state index in [1.54, 1.807) is 56.7 Å². The summed E-state index contributed by atoms with van der Waals surface area (Å²) in [6.45, 7) is 2.70. The molecular weight excluding hydrogens is 384 g/mol. The predicted molar refractivity (Wildman–Crippen MR) is 116 cm³/mol. The van der Waals surface area contributed by atoms with Crippen LogP contribution in [0.3, 0.4) is 0 Å². The molecule has 0 spiro atoms. The Bertz CT molecular complexity index is 951. The van der Waals surface area contributed by atoms with Crippen molar-refractivity contribution in [3.63, 3.8) is 0 Å². The second kappa shape index (κ2) is 9.82. The largest absolute Gasteiger partial charge is 0.493 e. The molecule has 3 rings (SSSR count). The van der Waals surface area contributed by atoms with Crippen molar-refractivity contribution in [3.8, 4) is 17.2 Å². The molecule has 0 fully saturated rings. The van der Waals surface area contributed by atoms with Gasteiger partial charge in [0.25, 0.3) is 5.91 Å². The average molecular weight is 410 g/mol. The number of hydrogen-bond acceptors (Lipinski definition) is 5. The highest BCUT2D eigenvalue weighted by Gasteiger charge is 2.26. The van der Waals surface area contributed by atoms with Gasteiger partial charge in [0.15, 0.2) is 11.5 Å². The van der Waals surface area contributed by atoms with Crippen molar-refractivity contribution in [2.24, 2.45) is 0 Å². The SMILES string of the molecule is CCCCCNC(=O)Oc1ccc(C=C2C(=O)Nc3cc(OC)c(OC)cc32)cc1. The van der Waals surface area contributed by atoms with Crippen LogP contribution in [-0.4, -0.2) is 32.8 Å². The van der Waals surface area contributed by atoms with E-state index >= 15 is 0 Å². The van der Waals surface area contributed by atoms with Crippen LogP contribution in [0.1, 0.15) is 37.3 Å².